The summed E-state index contributed by atoms with van der Waals surface area (Å²) in [6.07, 6.45) is 7.21. The van der Waals surface area contributed by atoms with E-state index in [2.05, 4.69) is 25.5 Å². The highest BCUT2D eigenvalue weighted by molar-refractivity contribution is 5.91. The number of nitrogens with one attached hydrogen (secondary N) is 2. The minimum absolute atomic E-state index is 0.165. The van der Waals surface area contributed by atoms with E-state index in [0.717, 1.165) is 30.3 Å². The highest BCUT2D eigenvalue weighted by Crippen LogP contribution is 2.27. The Kier molecular flexibility index (Phi) is 7.27. The lowest BCUT2D eigenvalue weighted by Crippen LogP contribution is -2.27. The zero-order chi connectivity index (χ0) is 20.5. The van der Waals surface area contributed by atoms with E-state index in [-0.39, 0.29) is 5.91 Å². The van der Waals surface area contributed by atoms with Gasteiger partial charge in [0, 0.05) is 38.3 Å². The van der Waals surface area contributed by atoms with E-state index >= 15 is 0 Å². The number of nitrogens with zero attached hydrogens (tertiary/aromatic N) is 3. The molecular formula is C21H27N5O3. The van der Waals surface area contributed by atoms with Crippen LogP contribution in [0.3, 0.4) is 0 Å². The fourth-order valence-corrected chi connectivity index (χ4v) is 3.13. The smallest absolute Gasteiger partial charge is 0.244 e. The van der Waals surface area contributed by atoms with E-state index in [1.807, 2.05) is 18.2 Å². The van der Waals surface area contributed by atoms with Crippen molar-refractivity contribution in [2.45, 2.75) is 12.8 Å². The summed E-state index contributed by atoms with van der Waals surface area (Å²) in [5, 5.41) is 6.06. The highest BCUT2D eigenvalue weighted by Gasteiger charge is 2.13. The van der Waals surface area contributed by atoms with E-state index in [0.29, 0.717) is 24.6 Å². The average molecular weight is 397 g/mol. The molecule has 1 aromatic carbocycles. The molecule has 2 N–H and O–H groups in total. The molecule has 154 valence electrons. The van der Waals surface area contributed by atoms with Crippen molar-refractivity contribution in [3.8, 4) is 11.5 Å². The molecule has 1 fully saturated rings. The first-order valence-corrected chi connectivity index (χ1v) is 9.68. The van der Waals surface area contributed by atoms with Crippen LogP contribution in [0.25, 0.3) is 6.08 Å². The van der Waals surface area contributed by atoms with Crippen molar-refractivity contribution in [3.05, 3.63) is 42.2 Å². The quantitative estimate of drug-likeness (QED) is 0.496. The molecular weight excluding hydrogens is 370 g/mol. The normalized spacial score (nSPS) is 13.5. The Balaban J connectivity index is 1.43. The summed E-state index contributed by atoms with van der Waals surface area (Å²) in [6.45, 7) is 3.14. The van der Waals surface area contributed by atoms with E-state index < -0.39 is 0 Å². The van der Waals surface area contributed by atoms with Gasteiger partial charge >= 0.3 is 0 Å². The molecule has 2 aromatic rings. The molecule has 1 saturated heterocycles. The summed E-state index contributed by atoms with van der Waals surface area (Å²) in [4.78, 5) is 22.8. The van der Waals surface area contributed by atoms with E-state index in [1.54, 1.807) is 32.7 Å². The molecule has 1 amide bonds. The molecule has 0 spiro atoms. The fourth-order valence-electron chi connectivity index (χ4n) is 3.13. The summed E-state index contributed by atoms with van der Waals surface area (Å²) >= 11 is 0. The third-order valence-corrected chi connectivity index (χ3v) is 4.65. The summed E-state index contributed by atoms with van der Waals surface area (Å²) in [7, 11) is 3.17. The van der Waals surface area contributed by atoms with Gasteiger partial charge in [0.25, 0.3) is 0 Å². The van der Waals surface area contributed by atoms with Gasteiger partial charge in [0.2, 0.25) is 5.91 Å². The van der Waals surface area contributed by atoms with Crippen LogP contribution in [0, 0.1) is 0 Å². The molecule has 0 bridgehead atoms. The highest BCUT2D eigenvalue weighted by atomic mass is 16.5. The van der Waals surface area contributed by atoms with E-state index in [9.17, 15) is 4.79 Å². The maximum absolute atomic E-state index is 12.0. The van der Waals surface area contributed by atoms with E-state index in [4.69, 9.17) is 9.47 Å². The van der Waals surface area contributed by atoms with Crippen molar-refractivity contribution in [2.75, 3.05) is 50.6 Å². The number of rotatable bonds is 9. The van der Waals surface area contributed by atoms with Crippen molar-refractivity contribution in [1.82, 2.24) is 15.3 Å². The van der Waals surface area contributed by atoms with Crippen LogP contribution in [0.15, 0.2) is 36.7 Å². The molecule has 0 radical (unpaired) electrons. The number of carbonyl (C=O) groups excluding carboxylic acids is 1. The van der Waals surface area contributed by atoms with Crippen molar-refractivity contribution in [2.24, 2.45) is 0 Å². The predicted molar refractivity (Wildman–Crippen MR) is 114 cm³/mol. The summed E-state index contributed by atoms with van der Waals surface area (Å²) in [5.41, 5.74) is 0.853. The second kappa shape index (κ2) is 10.3. The first-order chi connectivity index (χ1) is 14.2. The third-order valence-electron chi connectivity index (χ3n) is 4.65. The fraction of sp³-hybridized carbons (Fsp3) is 0.381. The van der Waals surface area contributed by atoms with Crippen molar-refractivity contribution in [1.29, 1.82) is 0 Å². The van der Waals surface area contributed by atoms with Gasteiger partial charge in [-0.3, -0.25) is 4.79 Å². The number of hydrogen-bond acceptors (Lipinski definition) is 7. The molecule has 29 heavy (non-hydrogen) atoms. The molecule has 8 nitrogen and oxygen atoms in total. The number of amides is 1. The lowest BCUT2D eigenvalue weighted by molar-refractivity contribution is -0.116. The second-order valence-corrected chi connectivity index (χ2v) is 6.62. The van der Waals surface area contributed by atoms with Crippen LogP contribution >= 0.6 is 0 Å². The molecule has 0 atom stereocenters. The first-order valence-electron chi connectivity index (χ1n) is 9.68. The Hall–Kier alpha value is -3.29. The summed E-state index contributed by atoms with van der Waals surface area (Å²) in [6, 6.07) is 7.43. The third kappa shape index (κ3) is 5.84. The number of carbonyl (C=O) groups is 1. The zero-order valence-corrected chi connectivity index (χ0v) is 16.9. The topological polar surface area (TPSA) is 88.6 Å². The van der Waals surface area contributed by atoms with Gasteiger partial charge in [0.1, 0.15) is 18.0 Å². The van der Waals surface area contributed by atoms with Crippen LogP contribution in [-0.2, 0) is 4.79 Å². The Morgan fingerprint density at radius 1 is 1.10 bits per heavy atom. The zero-order valence-electron chi connectivity index (χ0n) is 16.9. The van der Waals surface area contributed by atoms with Crippen molar-refractivity contribution >= 4 is 23.6 Å². The van der Waals surface area contributed by atoms with Gasteiger partial charge in [-0.05, 0) is 36.6 Å². The monoisotopic (exact) mass is 397 g/mol. The van der Waals surface area contributed by atoms with Crippen LogP contribution in [0.2, 0.25) is 0 Å². The number of ether oxygens (including phenoxy) is 2. The number of hydrogen-bond donors (Lipinski definition) is 2. The van der Waals surface area contributed by atoms with Gasteiger partial charge in [-0.15, -0.1) is 0 Å². The first kappa shape index (κ1) is 20.4. The van der Waals surface area contributed by atoms with Gasteiger partial charge in [0.05, 0.1) is 14.2 Å². The van der Waals surface area contributed by atoms with Crippen LogP contribution in [-0.4, -0.2) is 56.3 Å². The van der Waals surface area contributed by atoms with Crippen molar-refractivity contribution in [3.63, 3.8) is 0 Å². The maximum Gasteiger partial charge on any atom is 0.244 e. The Bertz CT molecular complexity index is 850. The predicted octanol–water partition coefficient (Wildman–Crippen LogP) is 2.34. The van der Waals surface area contributed by atoms with Crippen LogP contribution < -0.4 is 25.0 Å². The van der Waals surface area contributed by atoms with Crippen molar-refractivity contribution < 1.29 is 14.3 Å². The molecule has 2 heterocycles. The number of aromatic nitrogens is 2. The molecule has 1 aromatic heterocycles. The lowest BCUT2D eigenvalue weighted by Gasteiger charge is -2.16. The van der Waals surface area contributed by atoms with Gasteiger partial charge in [-0.2, -0.15) is 0 Å². The Morgan fingerprint density at radius 2 is 1.90 bits per heavy atom. The van der Waals surface area contributed by atoms with Gasteiger partial charge < -0.3 is 25.0 Å². The molecule has 3 rings (SSSR count). The minimum Gasteiger partial charge on any atom is -0.493 e. The van der Waals surface area contributed by atoms with E-state index in [1.165, 1.54) is 18.9 Å². The Labute approximate surface area is 170 Å². The minimum atomic E-state index is -0.165. The summed E-state index contributed by atoms with van der Waals surface area (Å²) in [5.74, 6) is 2.82. The van der Waals surface area contributed by atoms with Gasteiger partial charge in [-0.1, -0.05) is 6.07 Å². The second-order valence-electron chi connectivity index (χ2n) is 6.62. The molecule has 1 aliphatic rings. The number of benzene rings is 1. The van der Waals surface area contributed by atoms with Crippen LogP contribution in [0.1, 0.15) is 18.4 Å². The number of anilines is 2. The molecule has 0 unspecified atom stereocenters. The molecule has 8 heteroatoms. The largest absolute Gasteiger partial charge is 0.493 e. The average Bonchev–Trinajstić information content (AvgIpc) is 3.30. The van der Waals surface area contributed by atoms with Gasteiger partial charge in [-0.25, -0.2) is 9.97 Å². The molecule has 0 saturated carbocycles. The Morgan fingerprint density at radius 3 is 2.66 bits per heavy atom. The maximum atomic E-state index is 12.0. The molecule has 0 aliphatic carbocycles. The summed E-state index contributed by atoms with van der Waals surface area (Å²) < 4.78 is 10.5. The van der Waals surface area contributed by atoms with Crippen LogP contribution in [0.4, 0.5) is 11.6 Å². The molecule has 1 aliphatic heterocycles. The lowest BCUT2D eigenvalue weighted by atomic mass is 10.2. The van der Waals surface area contributed by atoms with Crippen LogP contribution in [0.5, 0.6) is 11.5 Å². The standard InChI is InChI=1S/C21H27N5O3/c1-28-17-7-5-16(13-18(17)29-2)6-8-21(27)23-10-9-22-19-14-20(25-15-24-19)26-11-3-4-12-26/h5-8,13-15H,3-4,9-12H2,1-2H3,(H,23,27)(H,22,24,25)/b8-6+. The van der Waals surface area contributed by atoms with Gasteiger partial charge in [0.15, 0.2) is 11.5 Å². The number of methoxy groups -OCH3 is 2. The SMILES string of the molecule is COc1ccc(/C=C/C(=O)NCCNc2cc(N3CCCC3)ncn2)cc1OC.